The zero-order chi connectivity index (χ0) is 24.4. The van der Waals surface area contributed by atoms with Crippen molar-refractivity contribution in [1.82, 2.24) is 9.55 Å². The standard InChI is InChI=1S/C27H22N4O3S/c1-17-23(25(32)30-20-8-4-3-5-9-20)24(19-7-6-10-21(16-19)34-2)31-26(33)22(35-27(31)29-17)15-18-11-13-28-14-12-18/h3-16,24H,1-2H3,(H,30,32). The van der Waals surface area contributed by atoms with Crippen LogP contribution in [0.4, 0.5) is 5.69 Å². The maximum absolute atomic E-state index is 13.7. The summed E-state index contributed by atoms with van der Waals surface area (Å²) in [4.78, 5) is 36.5. The lowest BCUT2D eigenvalue weighted by atomic mass is 9.95. The SMILES string of the molecule is COc1cccc(C2C(C(=O)Nc3ccccc3)=C(C)N=c3sc(=Cc4ccncc4)c(=O)n32)c1. The maximum Gasteiger partial charge on any atom is 0.271 e. The summed E-state index contributed by atoms with van der Waals surface area (Å²) in [5.41, 5.74) is 3.04. The van der Waals surface area contributed by atoms with Crippen LogP contribution in [0.2, 0.25) is 0 Å². The number of para-hydroxylation sites is 1. The number of thiazole rings is 1. The molecular formula is C27H22N4O3S. The fourth-order valence-electron chi connectivity index (χ4n) is 4.07. The summed E-state index contributed by atoms with van der Waals surface area (Å²) >= 11 is 1.30. The number of amides is 1. The molecule has 0 saturated heterocycles. The summed E-state index contributed by atoms with van der Waals surface area (Å²) < 4.78 is 7.55. The Hall–Kier alpha value is -4.30. The van der Waals surface area contributed by atoms with E-state index in [0.29, 0.717) is 32.0 Å². The molecule has 0 saturated carbocycles. The molecule has 1 amide bonds. The lowest BCUT2D eigenvalue weighted by Gasteiger charge is -2.25. The van der Waals surface area contributed by atoms with Crippen LogP contribution in [0.25, 0.3) is 6.08 Å². The molecule has 3 heterocycles. The Morgan fingerprint density at radius 2 is 1.86 bits per heavy atom. The van der Waals surface area contributed by atoms with Crippen molar-refractivity contribution >= 4 is 29.0 Å². The average molecular weight is 483 g/mol. The monoisotopic (exact) mass is 482 g/mol. The lowest BCUT2D eigenvalue weighted by Crippen LogP contribution is -2.40. The van der Waals surface area contributed by atoms with Crippen LogP contribution in [0.3, 0.4) is 0 Å². The number of hydrogen-bond donors (Lipinski definition) is 1. The van der Waals surface area contributed by atoms with Gasteiger partial charge in [-0.15, -0.1) is 0 Å². The first-order valence-corrected chi connectivity index (χ1v) is 11.8. The van der Waals surface area contributed by atoms with Crippen LogP contribution < -0.4 is 24.9 Å². The third kappa shape index (κ3) is 4.43. The van der Waals surface area contributed by atoms with Gasteiger partial charge in [0.05, 0.1) is 29.0 Å². The Morgan fingerprint density at radius 3 is 2.60 bits per heavy atom. The van der Waals surface area contributed by atoms with Crippen LogP contribution in [0.5, 0.6) is 5.75 Å². The Balaban J connectivity index is 1.69. The molecule has 1 aliphatic heterocycles. The highest BCUT2D eigenvalue weighted by Crippen LogP contribution is 2.32. The fourth-order valence-corrected chi connectivity index (χ4v) is 5.12. The zero-order valence-corrected chi connectivity index (χ0v) is 20.0. The van der Waals surface area contributed by atoms with E-state index in [2.05, 4.69) is 15.3 Å². The summed E-state index contributed by atoms with van der Waals surface area (Å²) in [5, 5.41) is 2.95. The normalized spacial score (nSPS) is 15.4. The van der Waals surface area contributed by atoms with Crippen LogP contribution in [0, 0.1) is 0 Å². The highest BCUT2D eigenvalue weighted by atomic mass is 32.1. The molecule has 7 nitrogen and oxygen atoms in total. The molecule has 1 N–H and O–H groups in total. The summed E-state index contributed by atoms with van der Waals surface area (Å²) in [6, 6.07) is 19.6. The first-order chi connectivity index (χ1) is 17.0. The third-order valence-corrected chi connectivity index (χ3v) is 6.69. The zero-order valence-electron chi connectivity index (χ0n) is 19.1. The molecule has 0 radical (unpaired) electrons. The number of nitrogens with one attached hydrogen (secondary N) is 1. The quantitative estimate of drug-likeness (QED) is 0.473. The van der Waals surface area contributed by atoms with Gasteiger partial charge in [0.15, 0.2) is 4.80 Å². The molecule has 0 bridgehead atoms. The van der Waals surface area contributed by atoms with Gasteiger partial charge in [0, 0.05) is 18.1 Å². The molecule has 1 aliphatic rings. The van der Waals surface area contributed by atoms with Gasteiger partial charge in [-0.3, -0.25) is 19.1 Å². The van der Waals surface area contributed by atoms with Crippen LogP contribution in [0.15, 0.2) is 100 Å². The maximum atomic E-state index is 13.7. The number of anilines is 1. The Labute approximate surface area is 205 Å². The number of methoxy groups -OCH3 is 1. The Kier molecular flexibility index (Phi) is 6.12. The van der Waals surface area contributed by atoms with Gasteiger partial charge < -0.3 is 10.1 Å². The highest BCUT2D eigenvalue weighted by Gasteiger charge is 2.32. The van der Waals surface area contributed by atoms with E-state index in [9.17, 15) is 9.59 Å². The molecule has 35 heavy (non-hydrogen) atoms. The van der Waals surface area contributed by atoms with E-state index >= 15 is 0 Å². The van der Waals surface area contributed by atoms with E-state index < -0.39 is 6.04 Å². The van der Waals surface area contributed by atoms with E-state index in [4.69, 9.17) is 4.74 Å². The molecule has 4 aromatic rings. The van der Waals surface area contributed by atoms with E-state index in [1.54, 1.807) is 31.0 Å². The number of ether oxygens (including phenoxy) is 1. The van der Waals surface area contributed by atoms with Gasteiger partial charge >= 0.3 is 0 Å². The second kappa shape index (κ2) is 9.52. The smallest absolute Gasteiger partial charge is 0.271 e. The number of aromatic nitrogens is 2. The van der Waals surface area contributed by atoms with Gasteiger partial charge in [-0.2, -0.15) is 0 Å². The van der Waals surface area contributed by atoms with Crippen LogP contribution >= 0.6 is 11.3 Å². The first-order valence-electron chi connectivity index (χ1n) is 11.0. The summed E-state index contributed by atoms with van der Waals surface area (Å²) in [6.07, 6.45) is 5.17. The molecule has 2 aromatic heterocycles. The van der Waals surface area contributed by atoms with Crippen molar-refractivity contribution in [3.05, 3.63) is 121 Å². The molecule has 5 rings (SSSR count). The third-order valence-electron chi connectivity index (χ3n) is 5.71. The first kappa shape index (κ1) is 22.5. The molecular weight excluding hydrogens is 460 g/mol. The van der Waals surface area contributed by atoms with Crippen molar-refractivity contribution in [3.8, 4) is 5.75 Å². The second-order valence-electron chi connectivity index (χ2n) is 7.96. The molecule has 1 unspecified atom stereocenters. The number of hydrogen-bond acceptors (Lipinski definition) is 6. The van der Waals surface area contributed by atoms with Gasteiger partial charge in [-0.05, 0) is 60.5 Å². The van der Waals surface area contributed by atoms with Crippen molar-refractivity contribution in [2.75, 3.05) is 12.4 Å². The van der Waals surface area contributed by atoms with E-state index in [-0.39, 0.29) is 11.5 Å². The van der Waals surface area contributed by atoms with Gasteiger partial charge in [-0.25, -0.2) is 4.99 Å². The van der Waals surface area contributed by atoms with Crippen molar-refractivity contribution in [1.29, 1.82) is 0 Å². The van der Waals surface area contributed by atoms with Crippen molar-refractivity contribution in [2.24, 2.45) is 4.99 Å². The molecule has 8 heteroatoms. The van der Waals surface area contributed by atoms with Crippen molar-refractivity contribution < 1.29 is 9.53 Å². The Morgan fingerprint density at radius 1 is 1.09 bits per heavy atom. The second-order valence-corrected chi connectivity index (χ2v) is 8.97. The lowest BCUT2D eigenvalue weighted by molar-refractivity contribution is -0.113. The summed E-state index contributed by atoms with van der Waals surface area (Å²) in [5.74, 6) is 0.326. The minimum Gasteiger partial charge on any atom is -0.497 e. The highest BCUT2D eigenvalue weighted by molar-refractivity contribution is 7.07. The van der Waals surface area contributed by atoms with Gasteiger partial charge in [0.2, 0.25) is 0 Å². The van der Waals surface area contributed by atoms with Gasteiger partial charge in [0.25, 0.3) is 11.5 Å². The number of pyridine rings is 1. The van der Waals surface area contributed by atoms with Gasteiger partial charge in [0.1, 0.15) is 5.75 Å². The predicted octanol–water partition coefficient (Wildman–Crippen LogP) is 3.28. The van der Waals surface area contributed by atoms with E-state index in [1.807, 2.05) is 72.8 Å². The number of carbonyl (C=O) groups is 1. The fraction of sp³-hybridized carbons (Fsp3) is 0.111. The molecule has 2 aromatic carbocycles. The molecule has 0 aliphatic carbocycles. The topological polar surface area (TPSA) is 85.6 Å². The summed E-state index contributed by atoms with van der Waals surface area (Å²) in [7, 11) is 1.59. The number of carbonyl (C=O) groups excluding carboxylic acids is 1. The molecule has 174 valence electrons. The largest absolute Gasteiger partial charge is 0.497 e. The predicted molar refractivity (Wildman–Crippen MR) is 136 cm³/mol. The number of nitrogens with zero attached hydrogens (tertiary/aromatic N) is 3. The number of allylic oxidation sites excluding steroid dienone is 1. The minimum atomic E-state index is -0.662. The van der Waals surface area contributed by atoms with Crippen LogP contribution in [0.1, 0.15) is 24.1 Å². The average Bonchev–Trinajstić information content (AvgIpc) is 3.18. The summed E-state index contributed by atoms with van der Waals surface area (Å²) in [6.45, 7) is 1.80. The Bertz CT molecular complexity index is 1610. The van der Waals surface area contributed by atoms with E-state index in [0.717, 1.165) is 11.1 Å². The van der Waals surface area contributed by atoms with Crippen LogP contribution in [-0.2, 0) is 4.79 Å². The number of rotatable bonds is 5. The molecule has 1 atom stereocenters. The molecule has 0 spiro atoms. The van der Waals surface area contributed by atoms with Gasteiger partial charge in [-0.1, -0.05) is 41.7 Å². The van der Waals surface area contributed by atoms with E-state index in [1.165, 1.54) is 11.3 Å². The van der Waals surface area contributed by atoms with Crippen molar-refractivity contribution in [3.63, 3.8) is 0 Å². The minimum absolute atomic E-state index is 0.212. The van der Waals surface area contributed by atoms with Crippen LogP contribution in [-0.4, -0.2) is 22.6 Å². The number of fused-ring (bicyclic) bond motifs is 1. The van der Waals surface area contributed by atoms with Crippen molar-refractivity contribution in [2.45, 2.75) is 13.0 Å². The number of benzene rings is 2. The molecule has 0 fully saturated rings.